The highest BCUT2D eigenvalue weighted by atomic mass is 16.5. The molecule has 3 amide bonds. The summed E-state index contributed by atoms with van der Waals surface area (Å²) in [5.74, 6) is 0.975. The lowest BCUT2D eigenvalue weighted by Gasteiger charge is -2.24. The van der Waals surface area contributed by atoms with Crippen molar-refractivity contribution in [2.45, 2.75) is 58.0 Å². The second-order valence-corrected chi connectivity index (χ2v) is 10.8. The molecule has 1 atom stereocenters. The van der Waals surface area contributed by atoms with E-state index in [0.717, 1.165) is 29.9 Å². The van der Waals surface area contributed by atoms with Gasteiger partial charge in [-0.25, -0.2) is 4.98 Å². The summed E-state index contributed by atoms with van der Waals surface area (Å²) in [6.45, 7) is 5.25. The quantitative estimate of drug-likeness (QED) is 0.512. The van der Waals surface area contributed by atoms with Crippen molar-refractivity contribution in [3.63, 3.8) is 0 Å². The lowest BCUT2D eigenvalue weighted by Crippen LogP contribution is -2.51. The van der Waals surface area contributed by atoms with E-state index in [2.05, 4.69) is 20.8 Å². The summed E-state index contributed by atoms with van der Waals surface area (Å²) in [6.07, 6.45) is 6.61. The largest absolute Gasteiger partial charge is 0.494 e. The van der Waals surface area contributed by atoms with Gasteiger partial charge in [0.05, 0.1) is 18.8 Å². The summed E-state index contributed by atoms with van der Waals surface area (Å²) in [5.41, 5.74) is 1.67. The number of benzene rings is 1. The van der Waals surface area contributed by atoms with Crippen LogP contribution in [-0.4, -0.2) is 69.6 Å². The van der Waals surface area contributed by atoms with Crippen LogP contribution in [0.1, 0.15) is 61.7 Å². The fourth-order valence-corrected chi connectivity index (χ4v) is 4.83. The van der Waals surface area contributed by atoms with E-state index in [1.807, 2.05) is 48.9 Å². The molecular formula is C29H36N6O5. The third kappa shape index (κ3) is 6.88. The van der Waals surface area contributed by atoms with E-state index in [9.17, 15) is 14.4 Å². The van der Waals surface area contributed by atoms with Gasteiger partial charge in [-0.2, -0.15) is 0 Å². The average Bonchev–Trinajstić information content (AvgIpc) is 3.47. The summed E-state index contributed by atoms with van der Waals surface area (Å²) in [6, 6.07) is 8.60. The van der Waals surface area contributed by atoms with Crippen LogP contribution in [0.3, 0.4) is 0 Å². The van der Waals surface area contributed by atoms with E-state index >= 15 is 0 Å². The zero-order chi connectivity index (χ0) is 28.1. The third-order valence-corrected chi connectivity index (χ3v) is 7.02. The van der Waals surface area contributed by atoms with Crippen LogP contribution in [-0.2, 0) is 16.1 Å². The predicted molar refractivity (Wildman–Crippen MR) is 147 cm³/mol. The number of amides is 3. The normalized spacial score (nSPS) is 19.2. The Morgan fingerprint density at radius 2 is 2.02 bits per heavy atom. The Morgan fingerprint density at radius 1 is 1.18 bits per heavy atom. The molecule has 212 valence electrons. The zero-order valence-corrected chi connectivity index (χ0v) is 23.0. The van der Waals surface area contributed by atoms with Gasteiger partial charge in [-0.1, -0.05) is 31.1 Å². The van der Waals surface area contributed by atoms with E-state index in [1.54, 1.807) is 12.3 Å². The van der Waals surface area contributed by atoms with Crippen molar-refractivity contribution in [1.29, 1.82) is 0 Å². The Morgan fingerprint density at radius 3 is 2.83 bits per heavy atom. The lowest BCUT2D eigenvalue weighted by molar-refractivity contribution is -0.129. The predicted octanol–water partition coefficient (Wildman–Crippen LogP) is 2.99. The van der Waals surface area contributed by atoms with Crippen molar-refractivity contribution in [2.75, 3.05) is 26.2 Å². The maximum absolute atomic E-state index is 13.4. The summed E-state index contributed by atoms with van der Waals surface area (Å²) in [5, 5.41) is 9.85. The van der Waals surface area contributed by atoms with Gasteiger partial charge in [-0.15, -0.1) is 0 Å². The van der Waals surface area contributed by atoms with Crippen molar-refractivity contribution in [3.05, 3.63) is 54.2 Å². The molecule has 2 aromatic heterocycles. The summed E-state index contributed by atoms with van der Waals surface area (Å²) >= 11 is 0. The number of rotatable bonds is 4. The van der Waals surface area contributed by atoms with Crippen LogP contribution in [0.4, 0.5) is 0 Å². The van der Waals surface area contributed by atoms with Gasteiger partial charge in [0.25, 0.3) is 5.91 Å². The molecule has 40 heavy (non-hydrogen) atoms. The number of nitrogens with one attached hydrogen (secondary N) is 2. The van der Waals surface area contributed by atoms with Crippen LogP contribution in [0.15, 0.2) is 47.2 Å². The minimum atomic E-state index is -0.725. The highest BCUT2D eigenvalue weighted by Gasteiger charge is 2.30. The van der Waals surface area contributed by atoms with Crippen molar-refractivity contribution in [1.82, 2.24) is 30.2 Å². The van der Waals surface area contributed by atoms with Gasteiger partial charge in [0.2, 0.25) is 17.6 Å². The molecule has 1 aromatic carbocycles. The molecule has 0 spiro atoms. The number of imidazole rings is 1. The van der Waals surface area contributed by atoms with Gasteiger partial charge >= 0.3 is 0 Å². The van der Waals surface area contributed by atoms with E-state index in [1.165, 1.54) is 4.90 Å². The maximum Gasteiger partial charge on any atom is 0.292 e. The number of hydrogen-bond acceptors (Lipinski definition) is 7. The van der Waals surface area contributed by atoms with E-state index < -0.39 is 17.9 Å². The standard InChI is InChI=1S/C29H36N6O5/c1-19(2)15-24-28(37)31-10-13-34-12-9-30-27(34)21-5-3-6-22(16-21)39-14-4-11-35(18-26(36)32-24)29(38)25-17-23(33-40-25)20-7-8-20/h3,5-6,9,12,16-17,19-20,24H,4,7-8,10-11,13-15,18H2,1-2H3,(H,31,37)(H,32,36)/t24-/m1/s1. The molecule has 0 radical (unpaired) electrons. The SMILES string of the molecule is CC(C)C[C@H]1NC(=O)CN(C(=O)c2cc(C3CC3)no2)CCCOc2cccc(c2)-c2nccn2CCNC1=O. The molecule has 5 rings (SSSR count). The third-order valence-electron chi connectivity index (χ3n) is 7.02. The molecule has 3 aromatic rings. The lowest BCUT2D eigenvalue weighted by atomic mass is 10.0. The van der Waals surface area contributed by atoms with Crippen LogP contribution >= 0.6 is 0 Å². The van der Waals surface area contributed by atoms with Crippen LogP contribution in [0.5, 0.6) is 5.75 Å². The highest BCUT2D eigenvalue weighted by Crippen LogP contribution is 2.39. The number of hydrogen-bond donors (Lipinski definition) is 2. The first-order valence-corrected chi connectivity index (χ1v) is 13.9. The van der Waals surface area contributed by atoms with Gasteiger partial charge in [-0.05, 0) is 43.7 Å². The molecule has 2 bridgehead atoms. The van der Waals surface area contributed by atoms with Gasteiger partial charge in [-0.3, -0.25) is 14.4 Å². The molecule has 11 heteroatoms. The van der Waals surface area contributed by atoms with E-state index in [-0.39, 0.29) is 30.7 Å². The first-order valence-electron chi connectivity index (χ1n) is 13.9. The molecule has 1 saturated carbocycles. The topological polar surface area (TPSA) is 132 Å². The Kier molecular flexibility index (Phi) is 8.47. The highest BCUT2D eigenvalue weighted by molar-refractivity contribution is 5.95. The average molecular weight is 549 g/mol. The number of carbonyl (C=O) groups is 3. The number of fused-ring (bicyclic) bond motifs is 4. The van der Waals surface area contributed by atoms with Crippen LogP contribution in [0.25, 0.3) is 11.4 Å². The summed E-state index contributed by atoms with van der Waals surface area (Å²) < 4.78 is 13.3. The molecule has 2 N–H and O–H groups in total. The Bertz CT molecular complexity index is 1340. The summed E-state index contributed by atoms with van der Waals surface area (Å²) in [4.78, 5) is 45.6. The van der Waals surface area contributed by atoms with Crippen LogP contribution in [0.2, 0.25) is 0 Å². The van der Waals surface area contributed by atoms with E-state index in [0.29, 0.717) is 44.2 Å². The molecule has 0 unspecified atom stereocenters. The molecule has 0 saturated heterocycles. The van der Waals surface area contributed by atoms with E-state index in [4.69, 9.17) is 9.26 Å². The minimum Gasteiger partial charge on any atom is -0.494 e. The fraction of sp³-hybridized carbons (Fsp3) is 0.483. The number of aromatic nitrogens is 3. The molecule has 1 aliphatic heterocycles. The van der Waals surface area contributed by atoms with Crippen molar-refractivity contribution < 1.29 is 23.6 Å². The first kappa shape index (κ1) is 27.4. The van der Waals surface area contributed by atoms with Crippen molar-refractivity contribution in [3.8, 4) is 17.1 Å². The monoisotopic (exact) mass is 548 g/mol. The number of ether oxygens (including phenoxy) is 1. The van der Waals surface area contributed by atoms with Gasteiger partial charge in [0, 0.05) is 49.6 Å². The minimum absolute atomic E-state index is 0.109. The second-order valence-electron chi connectivity index (χ2n) is 10.8. The Hall–Kier alpha value is -4.15. The number of nitrogens with zero attached hydrogens (tertiary/aromatic N) is 4. The molecule has 3 heterocycles. The Labute approximate surface area is 233 Å². The van der Waals surface area contributed by atoms with Gasteiger partial charge in [0.15, 0.2) is 0 Å². The van der Waals surface area contributed by atoms with Crippen molar-refractivity contribution >= 4 is 17.7 Å². The first-order chi connectivity index (χ1) is 19.4. The smallest absolute Gasteiger partial charge is 0.292 e. The second kappa shape index (κ2) is 12.4. The van der Waals surface area contributed by atoms with Gasteiger partial charge in [0.1, 0.15) is 17.6 Å². The maximum atomic E-state index is 13.4. The van der Waals surface area contributed by atoms with Crippen molar-refractivity contribution in [2.24, 2.45) is 5.92 Å². The summed E-state index contributed by atoms with van der Waals surface area (Å²) in [7, 11) is 0. The molecule has 1 fully saturated rings. The Balaban J connectivity index is 1.37. The van der Waals surface area contributed by atoms with Crippen LogP contribution < -0.4 is 15.4 Å². The molecule has 2 aliphatic rings. The number of carbonyl (C=O) groups excluding carboxylic acids is 3. The zero-order valence-electron chi connectivity index (χ0n) is 23.0. The molecule has 1 aliphatic carbocycles. The van der Waals surface area contributed by atoms with Crippen LogP contribution in [0, 0.1) is 5.92 Å². The molecular weight excluding hydrogens is 512 g/mol. The van der Waals surface area contributed by atoms with Gasteiger partial charge < -0.3 is 29.4 Å². The fourth-order valence-electron chi connectivity index (χ4n) is 4.83. The molecule has 11 nitrogen and oxygen atoms in total.